The van der Waals surface area contributed by atoms with E-state index in [9.17, 15) is 4.79 Å². The minimum atomic E-state index is -0.0811. The third-order valence-electron chi connectivity index (χ3n) is 3.40. The number of ether oxygens (including phenoxy) is 1. The normalized spacial score (nSPS) is 13.8. The van der Waals surface area contributed by atoms with Gasteiger partial charge in [0.05, 0.1) is 13.7 Å². The van der Waals surface area contributed by atoms with Gasteiger partial charge in [-0.15, -0.1) is 0 Å². The van der Waals surface area contributed by atoms with Crippen LogP contribution in [0, 0.1) is 0 Å². The van der Waals surface area contributed by atoms with E-state index in [0.29, 0.717) is 13.1 Å². The fraction of sp³-hybridized carbons (Fsp3) is 0.562. The van der Waals surface area contributed by atoms with Crippen LogP contribution in [0.2, 0.25) is 0 Å². The van der Waals surface area contributed by atoms with Gasteiger partial charge in [0, 0.05) is 18.6 Å². The van der Waals surface area contributed by atoms with Crippen LogP contribution in [0.25, 0.3) is 0 Å². The van der Waals surface area contributed by atoms with E-state index in [1.165, 1.54) is 0 Å². The molecule has 3 N–H and O–H groups in total. The number of amides is 1. The molecule has 0 saturated carbocycles. The van der Waals surface area contributed by atoms with E-state index in [4.69, 9.17) is 10.5 Å². The highest BCUT2D eigenvalue weighted by atomic mass is 16.5. The van der Waals surface area contributed by atoms with Crippen LogP contribution in [0.1, 0.15) is 31.9 Å². The van der Waals surface area contributed by atoms with Gasteiger partial charge in [0.2, 0.25) is 5.91 Å². The highest BCUT2D eigenvalue weighted by Gasteiger charge is 2.22. The monoisotopic (exact) mass is 293 g/mol. The van der Waals surface area contributed by atoms with E-state index in [0.717, 1.165) is 17.7 Å². The van der Waals surface area contributed by atoms with Crippen molar-refractivity contribution in [1.82, 2.24) is 10.2 Å². The second-order valence-electron chi connectivity index (χ2n) is 5.34. The number of hydrogen-bond donors (Lipinski definition) is 2. The predicted molar refractivity (Wildman–Crippen MR) is 85.3 cm³/mol. The third-order valence-corrected chi connectivity index (χ3v) is 3.40. The van der Waals surface area contributed by atoms with E-state index < -0.39 is 0 Å². The minimum Gasteiger partial charge on any atom is -0.497 e. The fourth-order valence-corrected chi connectivity index (χ4v) is 2.41. The highest BCUT2D eigenvalue weighted by molar-refractivity contribution is 5.78. The van der Waals surface area contributed by atoms with Crippen molar-refractivity contribution >= 4 is 5.91 Å². The Morgan fingerprint density at radius 3 is 2.48 bits per heavy atom. The van der Waals surface area contributed by atoms with Crippen molar-refractivity contribution in [3.05, 3.63) is 29.8 Å². The first-order valence-electron chi connectivity index (χ1n) is 7.36. The first-order chi connectivity index (χ1) is 9.99. The Morgan fingerprint density at radius 2 is 2.00 bits per heavy atom. The van der Waals surface area contributed by atoms with Gasteiger partial charge in [0.15, 0.2) is 0 Å². The Hall–Kier alpha value is -1.59. The summed E-state index contributed by atoms with van der Waals surface area (Å²) in [6.45, 7) is 5.03. The van der Waals surface area contributed by atoms with Crippen molar-refractivity contribution in [3.63, 3.8) is 0 Å². The summed E-state index contributed by atoms with van der Waals surface area (Å²) in [5.74, 6) is 0.837. The summed E-state index contributed by atoms with van der Waals surface area (Å²) in [5, 5.41) is 2.89. The average molecular weight is 293 g/mol. The number of nitrogens with two attached hydrogens (primary N) is 1. The highest BCUT2D eigenvalue weighted by Crippen LogP contribution is 2.24. The number of carbonyl (C=O) groups is 1. The molecule has 5 heteroatoms. The van der Waals surface area contributed by atoms with Gasteiger partial charge in [-0.2, -0.15) is 0 Å². The van der Waals surface area contributed by atoms with Crippen molar-refractivity contribution < 1.29 is 9.53 Å². The maximum atomic E-state index is 11.9. The summed E-state index contributed by atoms with van der Waals surface area (Å²) in [7, 11) is 3.56. The average Bonchev–Trinajstić information content (AvgIpc) is 2.45. The predicted octanol–water partition coefficient (Wildman–Crippen LogP) is 1.54. The molecule has 0 heterocycles. The molecule has 0 bridgehead atoms. The Balaban J connectivity index is 2.77. The molecule has 0 saturated heterocycles. The van der Waals surface area contributed by atoms with Crippen LogP contribution in [0.5, 0.6) is 5.75 Å². The zero-order valence-electron chi connectivity index (χ0n) is 13.4. The van der Waals surface area contributed by atoms with Crippen LogP contribution in [-0.2, 0) is 4.79 Å². The number of nitrogens with zero attached hydrogens (tertiary/aromatic N) is 1. The molecule has 0 aromatic heterocycles. The maximum absolute atomic E-state index is 11.9. The Morgan fingerprint density at radius 1 is 1.38 bits per heavy atom. The van der Waals surface area contributed by atoms with Gasteiger partial charge in [-0.1, -0.05) is 19.1 Å². The summed E-state index contributed by atoms with van der Waals surface area (Å²) in [6, 6.07) is 7.72. The number of rotatable bonds is 8. The van der Waals surface area contributed by atoms with Crippen molar-refractivity contribution in [2.45, 2.75) is 32.4 Å². The summed E-state index contributed by atoms with van der Waals surface area (Å²) in [5.41, 5.74) is 7.19. The third kappa shape index (κ3) is 5.36. The maximum Gasteiger partial charge on any atom is 0.234 e. The van der Waals surface area contributed by atoms with Gasteiger partial charge in [0.1, 0.15) is 5.75 Å². The van der Waals surface area contributed by atoms with Gasteiger partial charge in [-0.25, -0.2) is 0 Å². The van der Waals surface area contributed by atoms with Crippen molar-refractivity contribution in [1.29, 1.82) is 0 Å². The molecular formula is C16H27N3O2. The van der Waals surface area contributed by atoms with Gasteiger partial charge < -0.3 is 15.8 Å². The second kappa shape index (κ2) is 8.64. The van der Waals surface area contributed by atoms with Crippen LogP contribution in [-0.4, -0.2) is 44.1 Å². The first-order valence-corrected chi connectivity index (χ1v) is 7.36. The Bertz CT molecular complexity index is 432. The lowest BCUT2D eigenvalue weighted by Crippen LogP contribution is -2.42. The zero-order valence-corrected chi connectivity index (χ0v) is 13.4. The van der Waals surface area contributed by atoms with E-state index in [1.54, 1.807) is 7.11 Å². The van der Waals surface area contributed by atoms with Crippen LogP contribution in [0.15, 0.2) is 24.3 Å². The van der Waals surface area contributed by atoms with Gasteiger partial charge in [-0.05, 0) is 38.1 Å². The molecule has 1 rings (SSSR count). The molecule has 2 atom stereocenters. The van der Waals surface area contributed by atoms with E-state index in [1.807, 2.05) is 50.1 Å². The lowest BCUT2D eigenvalue weighted by atomic mass is 9.99. The van der Waals surface area contributed by atoms with Gasteiger partial charge in [-0.3, -0.25) is 9.69 Å². The van der Waals surface area contributed by atoms with E-state index in [2.05, 4.69) is 5.32 Å². The summed E-state index contributed by atoms with van der Waals surface area (Å²) < 4.78 is 5.17. The summed E-state index contributed by atoms with van der Waals surface area (Å²) in [4.78, 5) is 13.8. The minimum absolute atomic E-state index is 0.0108. The van der Waals surface area contributed by atoms with E-state index >= 15 is 0 Å². The van der Waals surface area contributed by atoms with Crippen molar-refractivity contribution in [3.8, 4) is 5.75 Å². The summed E-state index contributed by atoms with van der Waals surface area (Å²) in [6.07, 6.45) is 0.935. The molecule has 0 spiro atoms. The molecule has 118 valence electrons. The quantitative estimate of drug-likeness (QED) is 0.763. The fourth-order valence-electron chi connectivity index (χ4n) is 2.41. The first kappa shape index (κ1) is 17.5. The lowest BCUT2D eigenvalue weighted by molar-refractivity contribution is -0.122. The SMILES string of the molecule is CCCNC(=O)CN(C)C(c1ccc(OC)cc1)C(C)N. The molecule has 1 amide bonds. The molecule has 0 aliphatic heterocycles. The number of benzene rings is 1. The van der Waals surface area contributed by atoms with Crippen LogP contribution in [0.4, 0.5) is 0 Å². The largest absolute Gasteiger partial charge is 0.497 e. The Kier molecular flexibility index (Phi) is 7.19. The molecule has 21 heavy (non-hydrogen) atoms. The topological polar surface area (TPSA) is 67.6 Å². The molecule has 0 fully saturated rings. The van der Waals surface area contributed by atoms with Crippen LogP contribution >= 0.6 is 0 Å². The van der Waals surface area contributed by atoms with Gasteiger partial charge in [0.25, 0.3) is 0 Å². The standard InChI is InChI=1S/C16H27N3O2/c1-5-10-18-15(20)11-19(3)16(12(2)17)13-6-8-14(21-4)9-7-13/h6-9,12,16H,5,10-11,17H2,1-4H3,(H,18,20). The molecule has 0 radical (unpaired) electrons. The second-order valence-corrected chi connectivity index (χ2v) is 5.34. The Labute approximate surface area is 127 Å². The number of nitrogens with one attached hydrogen (secondary N) is 1. The van der Waals surface area contributed by atoms with Crippen LogP contribution in [0.3, 0.4) is 0 Å². The van der Waals surface area contributed by atoms with Crippen molar-refractivity contribution in [2.75, 3.05) is 27.2 Å². The van der Waals surface area contributed by atoms with E-state index in [-0.39, 0.29) is 18.0 Å². The summed E-state index contributed by atoms with van der Waals surface area (Å²) >= 11 is 0. The number of likely N-dealkylation sites (N-methyl/N-ethyl adjacent to an activating group) is 1. The molecule has 0 aliphatic carbocycles. The van der Waals surface area contributed by atoms with Gasteiger partial charge >= 0.3 is 0 Å². The molecular weight excluding hydrogens is 266 g/mol. The smallest absolute Gasteiger partial charge is 0.234 e. The number of carbonyl (C=O) groups excluding carboxylic acids is 1. The molecule has 1 aromatic rings. The van der Waals surface area contributed by atoms with Crippen LogP contribution < -0.4 is 15.8 Å². The van der Waals surface area contributed by atoms with Crippen molar-refractivity contribution in [2.24, 2.45) is 5.73 Å². The molecule has 2 unspecified atom stereocenters. The molecule has 0 aliphatic rings. The lowest BCUT2D eigenvalue weighted by Gasteiger charge is -2.31. The zero-order chi connectivity index (χ0) is 15.8. The number of methoxy groups -OCH3 is 1. The molecule has 5 nitrogen and oxygen atoms in total. The molecule has 1 aromatic carbocycles. The number of hydrogen-bond acceptors (Lipinski definition) is 4.